The molecule has 0 saturated heterocycles. The molecular weight excluding hydrogens is 504 g/mol. The van der Waals surface area contributed by atoms with Crippen LogP contribution in [0, 0.1) is 12.8 Å². The number of hydrogen-bond donors (Lipinski definition) is 1. The molecule has 1 N–H and O–H groups in total. The molecule has 0 aliphatic rings. The molecule has 35 heavy (non-hydrogen) atoms. The van der Waals surface area contributed by atoms with Crippen LogP contribution in [0.2, 0.25) is 0 Å². The van der Waals surface area contributed by atoms with Crippen LogP contribution < -0.4 is 5.32 Å². The molecule has 0 unspecified atom stereocenters. The Hall–Kier alpha value is -2.93. The van der Waals surface area contributed by atoms with Crippen molar-refractivity contribution in [3.8, 4) is 5.69 Å². The van der Waals surface area contributed by atoms with Crippen LogP contribution in [0.1, 0.15) is 62.7 Å². The molecular formula is C28H35BrN4O2. The molecule has 0 bridgehead atoms. The summed E-state index contributed by atoms with van der Waals surface area (Å²) in [6, 6.07) is 17.1. The maximum atomic E-state index is 13.3. The number of carbonyl (C=O) groups is 2. The first-order chi connectivity index (χ1) is 16.5. The number of halogens is 1. The van der Waals surface area contributed by atoms with Crippen molar-refractivity contribution >= 4 is 33.6 Å². The van der Waals surface area contributed by atoms with Crippen molar-refractivity contribution in [2.24, 2.45) is 5.92 Å². The van der Waals surface area contributed by atoms with Gasteiger partial charge in [0, 0.05) is 22.5 Å². The van der Waals surface area contributed by atoms with Gasteiger partial charge < -0.3 is 10.2 Å². The van der Waals surface area contributed by atoms with Crippen LogP contribution in [0.5, 0.6) is 0 Å². The van der Waals surface area contributed by atoms with Gasteiger partial charge in [-0.25, -0.2) is 4.68 Å². The Kier molecular flexibility index (Phi) is 8.54. The zero-order chi connectivity index (χ0) is 25.8. The topological polar surface area (TPSA) is 67.2 Å². The van der Waals surface area contributed by atoms with Gasteiger partial charge in [-0.3, -0.25) is 9.59 Å². The van der Waals surface area contributed by atoms with Crippen LogP contribution in [0.3, 0.4) is 0 Å². The number of aromatic nitrogens is 2. The Labute approximate surface area is 216 Å². The number of para-hydroxylation sites is 1. The van der Waals surface area contributed by atoms with E-state index in [9.17, 15) is 9.59 Å². The zero-order valence-corrected chi connectivity index (χ0v) is 23.0. The summed E-state index contributed by atoms with van der Waals surface area (Å²) in [7, 11) is 0. The highest BCUT2D eigenvalue weighted by atomic mass is 79.9. The van der Waals surface area contributed by atoms with E-state index >= 15 is 0 Å². The third kappa shape index (κ3) is 6.82. The third-order valence-corrected chi connectivity index (χ3v) is 6.48. The molecule has 7 heteroatoms. The quantitative estimate of drug-likeness (QED) is 0.362. The van der Waals surface area contributed by atoms with Crippen molar-refractivity contribution in [2.45, 2.75) is 53.4 Å². The molecule has 0 atom stereocenters. The highest BCUT2D eigenvalue weighted by Crippen LogP contribution is 2.27. The van der Waals surface area contributed by atoms with Crippen LogP contribution >= 0.6 is 15.9 Å². The molecule has 0 aliphatic heterocycles. The van der Waals surface area contributed by atoms with Gasteiger partial charge >= 0.3 is 0 Å². The number of nitrogens with one attached hydrogen (secondary N) is 1. The van der Waals surface area contributed by atoms with E-state index in [-0.39, 0.29) is 23.8 Å². The van der Waals surface area contributed by atoms with E-state index < -0.39 is 0 Å². The average molecular weight is 540 g/mol. The average Bonchev–Trinajstić information content (AvgIpc) is 3.20. The van der Waals surface area contributed by atoms with Crippen molar-refractivity contribution in [1.29, 1.82) is 0 Å². The van der Waals surface area contributed by atoms with E-state index in [1.165, 1.54) is 0 Å². The predicted octanol–water partition coefficient (Wildman–Crippen LogP) is 6.37. The maximum Gasteiger partial charge on any atom is 0.255 e. The second-order valence-corrected chi connectivity index (χ2v) is 11.2. The first kappa shape index (κ1) is 26.7. The fourth-order valence-electron chi connectivity index (χ4n) is 3.65. The number of hydrogen-bond acceptors (Lipinski definition) is 3. The fourth-order valence-corrected chi connectivity index (χ4v) is 4.10. The second-order valence-electron chi connectivity index (χ2n) is 10.3. The lowest BCUT2D eigenvalue weighted by atomic mass is 9.92. The van der Waals surface area contributed by atoms with Crippen molar-refractivity contribution in [3.05, 3.63) is 75.9 Å². The Morgan fingerprint density at radius 2 is 1.74 bits per heavy atom. The van der Waals surface area contributed by atoms with Gasteiger partial charge in [-0.2, -0.15) is 5.10 Å². The molecule has 3 rings (SSSR count). The van der Waals surface area contributed by atoms with Crippen LogP contribution in [-0.4, -0.2) is 39.6 Å². The van der Waals surface area contributed by atoms with Gasteiger partial charge in [0.15, 0.2) is 0 Å². The van der Waals surface area contributed by atoms with Crippen molar-refractivity contribution in [3.63, 3.8) is 0 Å². The lowest BCUT2D eigenvalue weighted by Crippen LogP contribution is -2.39. The van der Waals surface area contributed by atoms with E-state index in [1.54, 1.807) is 15.6 Å². The minimum absolute atomic E-state index is 0.0449. The van der Waals surface area contributed by atoms with Gasteiger partial charge in [0.1, 0.15) is 12.4 Å². The predicted molar refractivity (Wildman–Crippen MR) is 145 cm³/mol. The first-order valence-electron chi connectivity index (χ1n) is 12.0. The van der Waals surface area contributed by atoms with Gasteiger partial charge in [0.25, 0.3) is 5.91 Å². The van der Waals surface area contributed by atoms with Crippen LogP contribution in [-0.2, 0) is 10.2 Å². The van der Waals surface area contributed by atoms with Gasteiger partial charge in [0.2, 0.25) is 5.91 Å². The Balaban J connectivity index is 1.89. The minimum atomic E-state index is -0.260. The summed E-state index contributed by atoms with van der Waals surface area (Å²) in [5.74, 6) is 0.566. The van der Waals surface area contributed by atoms with E-state index in [0.717, 1.165) is 23.4 Å². The zero-order valence-electron chi connectivity index (χ0n) is 21.4. The number of rotatable bonds is 8. The van der Waals surface area contributed by atoms with E-state index in [2.05, 4.69) is 55.9 Å². The first-order valence-corrected chi connectivity index (χ1v) is 12.8. The third-order valence-electron chi connectivity index (χ3n) is 5.79. The Bertz CT molecular complexity index is 1190. The minimum Gasteiger partial charge on any atom is -0.329 e. The maximum absolute atomic E-state index is 13.3. The molecule has 0 saturated carbocycles. The number of nitrogens with zero attached hydrogens (tertiary/aromatic N) is 3. The molecule has 1 aromatic heterocycles. The van der Waals surface area contributed by atoms with Gasteiger partial charge in [-0.1, -0.05) is 65.0 Å². The summed E-state index contributed by atoms with van der Waals surface area (Å²) >= 11 is 3.47. The van der Waals surface area contributed by atoms with E-state index in [0.29, 0.717) is 28.3 Å². The van der Waals surface area contributed by atoms with Crippen molar-refractivity contribution in [2.75, 3.05) is 18.4 Å². The summed E-state index contributed by atoms with van der Waals surface area (Å²) in [5.41, 5.74) is 3.18. The summed E-state index contributed by atoms with van der Waals surface area (Å²) in [6.07, 6.45) is 0.804. The molecule has 0 fully saturated rings. The lowest BCUT2D eigenvalue weighted by molar-refractivity contribution is -0.117. The number of benzene rings is 2. The number of carbonyl (C=O) groups excluding carboxylic acids is 2. The molecule has 2 aromatic carbocycles. The summed E-state index contributed by atoms with van der Waals surface area (Å²) in [5, 5.41) is 7.84. The molecule has 2 amide bonds. The van der Waals surface area contributed by atoms with Crippen molar-refractivity contribution in [1.82, 2.24) is 14.7 Å². The molecule has 3 aromatic rings. The summed E-state index contributed by atoms with van der Waals surface area (Å²) in [6.45, 7) is 13.0. The standard InChI is InChI=1S/C28H35BrN4O2/c1-19(2)15-16-32(27(35)21-12-8-9-13-22(21)29)18-26(34)30-25-17-24(28(4,5)6)31-33(25)23-14-10-7-11-20(23)3/h7-14,17,19H,15-16,18H2,1-6H3,(H,30,34). The Morgan fingerprint density at radius 3 is 2.37 bits per heavy atom. The highest BCUT2D eigenvalue weighted by molar-refractivity contribution is 9.10. The van der Waals surface area contributed by atoms with Gasteiger partial charge in [0.05, 0.1) is 16.9 Å². The second kappa shape index (κ2) is 11.2. The molecule has 0 spiro atoms. The monoisotopic (exact) mass is 538 g/mol. The lowest BCUT2D eigenvalue weighted by Gasteiger charge is -2.24. The number of anilines is 1. The molecule has 6 nitrogen and oxygen atoms in total. The number of amides is 2. The highest BCUT2D eigenvalue weighted by Gasteiger charge is 2.24. The van der Waals surface area contributed by atoms with Crippen LogP contribution in [0.4, 0.5) is 5.82 Å². The molecule has 0 radical (unpaired) electrons. The largest absolute Gasteiger partial charge is 0.329 e. The summed E-state index contributed by atoms with van der Waals surface area (Å²) in [4.78, 5) is 28.2. The van der Waals surface area contributed by atoms with Gasteiger partial charge in [-0.05, 0) is 59.0 Å². The summed E-state index contributed by atoms with van der Waals surface area (Å²) < 4.78 is 2.49. The molecule has 1 heterocycles. The number of aryl methyl sites for hydroxylation is 1. The van der Waals surface area contributed by atoms with Crippen LogP contribution in [0.25, 0.3) is 5.69 Å². The van der Waals surface area contributed by atoms with Gasteiger partial charge in [-0.15, -0.1) is 0 Å². The van der Waals surface area contributed by atoms with Crippen LogP contribution in [0.15, 0.2) is 59.1 Å². The van der Waals surface area contributed by atoms with E-state index in [4.69, 9.17) is 5.10 Å². The normalized spacial score (nSPS) is 11.5. The molecule has 0 aliphatic carbocycles. The Morgan fingerprint density at radius 1 is 1.09 bits per heavy atom. The smallest absolute Gasteiger partial charge is 0.255 e. The van der Waals surface area contributed by atoms with E-state index in [1.807, 2.05) is 55.5 Å². The molecule has 186 valence electrons. The SMILES string of the molecule is Cc1ccccc1-n1nc(C(C)(C)C)cc1NC(=O)CN(CCC(C)C)C(=O)c1ccccc1Br. The van der Waals surface area contributed by atoms with Crippen molar-refractivity contribution < 1.29 is 9.59 Å². The fraction of sp³-hybridized carbons (Fsp3) is 0.393.